The number of ether oxygens (including phenoxy) is 1. The second-order valence-corrected chi connectivity index (χ2v) is 7.79. The van der Waals surface area contributed by atoms with Gasteiger partial charge in [-0.3, -0.25) is 9.59 Å². The van der Waals surface area contributed by atoms with E-state index >= 15 is 0 Å². The number of benzene rings is 1. The monoisotopic (exact) mass is 346 g/mol. The SMILES string of the molecule is CCCC(=O)Nc1ccc2c(c1)OCC(C)(C)C(=O)N2CCC(C)C. The van der Waals surface area contributed by atoms with Crippen LogP contribution in [0.4, 0.5) is 11.4 Å². The Morgan fingerprint density at radius 3 is 2.72 bits per heavy atom. The number of carbonyl (C=O) groups excluding carboxylic acids is 2. The maximum Gasteiger partial charge on any atom is 0.236 e. The maximum absolute atomic E-state index is 13.0. The van der Waals surface area contributed by atoms with Crippen LogP contribution in [0.3, 0.4) is 0 Å². The van der Waals surface area contributed by atoms with Gasteiger partial charge >= 0.3 is 0 Å². The van der Waals surface area contributed by atoms with Gasteiger partial charge in [0.25, 0.3) is 0 Å². The maximum atomic E-state index is 13.0. The van der Waals surface area contributed by atoms with E-state index in [9.17, 15) is 9.59 Å². The second-order valence-electron chi connectivity index (χ2n) is 7.79. The second kappa shape index (κ2) is 7.89. The fourth-order valence-corrected chi connectivity index (χ4v) is 2.78. The molecule has 1 N–H and O–H groups in total. The molecule has 0 fully saturated rings. The molecule has 0 bridgehead atoms. The van der Waals surface area contributed by atoms with Crippen molar-refractivity contribution in [3.05, 3.63) is 18.2 Å². The van der Waals surface area contributed by atoms with Gasteiger partial charge in [0.05, 0.1) is 11.1 Å². The highest BCUT2D eigenvalue weighted by atomic mass is 16.5. The van der Waals surface area contributed by atoms with Gasteiger partial charge < -0.3 is 15.0 Å². The van der Waals surface area contributed by atoms with Gasteiger partial charge in [-0.25, -0.2) is 0 Å². The van der Waals surface area contributed by atoms with Crippen molar-refractivity contribution in [1.82, 2.24) is 0 Å². The Morgan fingerprint density at radius 1 is 1.36 bits per heavy atom. The molecule has 1 aliphatic rings. The minimum atomic E-state index is -0.582. The Balaban J connectivity index is 2.32. The molecule has 0 spiro atoms. The summed E-state index contributed by atoms with van der Waals surface area (Å²) in [5, 5.41) is 2.89. The van der Waals surface area contributed by atoms with Crippen LogP contribution < -0.4 is 15.0 Å². The lowest BCUT2D eigenvalue weighted by Gasteiger charge is -2.28. The molecule has 0 aliphatic carbocycles. The molecule has 0 saturated heterocycles. The molecule has 1 aromatic carbocycles. The third-order valence-corrected chi connectivity index (χ3v) is 4.35. The molecular weight excluding hydrogens is 316 g/mol. The first-order valence-corrected chi connectivity index (χ1v) is 9.13. The highest BCUT2D eigenvalue weighted by Crippen LogP contribution is 2.38. The molecule has 0 saturated carbocycles. The number of nitrogens with zero attached hydrogens (tertiary/aromatic N) is 1. The first-order valence-electron chi connectivity index (χ1n) is 9.13. The van der Waals surface area contributed by atoms with Gasteiger partial charge in [-0.05, 0) is 44.7 Å². The molecule has 0 unspecified atom stereocenters. The molecule has 0 radical (unpaired) electrons. The zero-order valence-electron chi connectivity index (χ0n) is 16.0. The van der Waals surface area contributed by atoms with E-state index in [1.807, 2.05) is 43.9 Å². The van der Waals surface area contributed by atoms with Crippen LogP contribution in [0, 0.1) is 11.3 Å². The number of amides is 2. The van der Waals surface area contributed by atoms with Crippen molar-refractivity contribution in [2.24, 2.45) is 11.3 Å². The molecule has 0 aromatic heterocycles. The Morgan fingerprint density at radius 2 is 2.08 bits per heavy atom. The molecule has 0 atom stereocenters. The van der Waals surface area contributed by atoms with Crippen molar-refractivity contribution in [1.29, 1.82) is 0 Å². The van der Waals surface area contributed by atoms with E-state index in [1.165, 1.54) is 0 Å². The lowest BCUT2D eigenvalue weighted by molar-refractivity contribution is -0.127. The summed E-state index contributed by atoms with van der Waals surface area (Å²) in [5.41, 5.74) is 0.902. The molecule has 1 aromatic rings. The van der Waals surface area contributed by atoms with Crippen LogP contribution in [-0.4, -0.2) is 25.0 Å². The number of hydrogen-bond donors (Lipinski definition) is 1. The molecular formula is C20H30N2O3. The number of hydrogen-bond acceptors (Lipinski definition) is 3. The highest BCUT2D eigenvalue weighted by Gasteiger charge is 2.37. The molecule has 2 amide bonds. The van der Waals surface area contributed by atoms with Gasteiger partial charge in [0, 0.05) is 24.7 Å². The van der Waals surface area contributed by atoms with E-state index in [0.717, 1.165) is 18.5 Å². The van der Waals surface area contributed by atoms with E-state index < -0.39 is 5.41 Å². The number of anilines is 2. The van der Waals surface area contributed by atoms with Crippen molar-refractivity contribution in [3.63, 3.8) is 0 Å². The van der Waals surface area contributed by atoms with Gasteiger partial charge in [0.1, 0.15) is 12.4 Å². The van der Waals surface area contributed by atoms with Gasteiger partial charge in [0.15, 0.2) is 0 Å². The van der Waals surface area contributed by atoms with Crippen LogP contribution in [0.15, 0.2) is 18.2 Å². The van der Waals surface area contributed by atoms with Gasteiger partial charge in [-0.15, -0.1) is 0 Å². The number of fused-ring (bicyclic) bond motifs is 1. The van der Waals surface area contributed by atoms with Crippen LogP contribution >= 0.6 is 0 Å². The number of rotatable bonds is 6. The Labute approximate surface area is 150 Å². The number of carbonyl (C=O) groups is 2. The summed E-state index contributed by atoms with van der Waals surface area (Å²) in [4.78, 5) is 26.6. The van der Waals surface area contributed by atoms with Crippen LogP contribution in [0.25, 0.3) is 0 Å². The molecule has 5 nitrogen and oxygen atoms in total. The summed E-state index contributed by atoms with van der Waals surface area (Å²) in [6.45, 7) is 11.1. The summed E-state index contributed by atoms with van der Waals surface area (Å²) in [7, 11) is 0. The minimum Gasteiger partial charge on any atom is -0.490 e. The van der Waals surface area contributed by atoms with E-state index in [0.29, 0.717) is 36.9 Å². The molecule has 138 valence electrons. The lowest BCUT2D eigenvalue weighted by Crippen LogP contribution is -2.42. The molecule has 1 aliphatic heterocycles. The third-order valence-electron chi connectivity index (χ3n) is 4.35. The first kappa shape index (κ1) is 19.3. The standard InChI is InChI=1S/C20H30N2O3/c1-6-7-18(23)21-15-8-9-16-17(12-15)25-13-20(4,5)19(24)22(16)11-10-14(2)3/h8-9,12,14H,6-7,10-11,13H2,1-5H3,(H,21,23). The summed E-state index contributed by atoms with van der Waals surface area (Å²) < 4.78 is 5.94. The predicted molar refractivity (Wildman–Crippen MR) is 101 cm³/mol. The van der Waals surface area contributed by atoms with Crippen LogP contribution in [0.2, 0.25) is 0 Å². The fraction of sp³-hybridized carbons (Fsp3) is 0.600. The van der Waals surface area contributed by atoms with Crippen molar-refractivity contribution < 1.29 is 14.3 Å². The van der Waals surface area contributed by atoms with Crippen molar-refractivity contribution in [2.45, 2.75) is 53.9 Å². The van der Waals surface area contributed by atoms with Crippen LogP contribution in [-0.2, 0) is 9.59 Å². The minimum absolute atomic E-state index is 0.0101. The summed E-state index contributed by atoms with van der Waals surface area (Å²) in [6.07, 6.45) is 2.22. The van der Waals surface area contributed by atoms with Gasteiger partial charge in [-0.2, -0.15) is 0 Å². The molecule has 1 heterocycles. The van der Waals surface area contributed by atoms with Crippen LogP contribution in [0.1, 0.15) is 53.9 Å². The van der Waals surface area contributed by atoms with Gasteiger partial charge in [-0.1, -0.05) is 20.8 Å². The Kier molecular flexibility index (Phi) is 6.09. The summed E-state index contributed by atoms with van der Waals surface area (Å²) in [5.74, 6) is 1.23. The van der Waals surface area contributed by atoms with E-state index in [1.54, 1.807) is 0 Å². The highest BCUT2D eigenvalue weighted by molar-refractivity contribution is 6.00. The van der Waals surface area contributed by atoms with E-state index in [2.05, 4.69) is 19.2 Å². The van der Waals surface area contributed by atoms with Crippen molar-refractivity contribution in [3.8, 4) is 5.75 Å². The summed E-state index contributed by atoms with van der Waals surface area (Å²) in [6, 6.07) is 5.53. The fourth-order valence-electron chi connectivity index (χ4n) is 2.78. The molecule has 2 rings (SSSR count). The molecule has 25 heavy (non-hydrogen) atoms. The summed E-state index contributed by atoms with van der Waals surface area (Å²) >= 11 is 0. The number of nitrogens with one attached hydrogen (secondary N) is 1. The average Bonchev–Trinajstić information content (AvgIpc) is 2.62. The average molecular weight is 346 g/mol. The van der Waals surface area contributed by atoms with Gasteiger partial charge in [0.2, 0.25) is 11.8 Å². The largest absolute Gasteiger partial charge is 0.490 e. The predicted octanol–water partition coefficient (Wildman–Crippen LogP) is 4.22. The zero-order chi connectivity index (χ0) is 18.6. The van der Waals surface area contributed by atoms with E-state index in [4.69, 9.17) is 4.74 Å². The normalized spacial score (nSPS) is 16.2. The van der Waals surface area contributed by atoms with Crippen molar-refractivity contribution in [2.75, 3.05) is 23.4 Å². The third kappa shape index (κ3) is 4.74. The van der Waals surface area contributed by atoms with Crippen LogP contribution in [0.5, 0.6) is 5.75 Å². The quantitative estimate of drug-likeness (QED) is 0.839. The topological polar surface area (TPSA) is 58.6 Å². The molecule has 5 heteroatoms. The Bertz CT molecular complexity index is 638. The smallest absolute Gasteiger partial charge is 0.236 e. The Hall–Kier alpha value is -2.04. The zero-order valence-corrected chi connectivity index (χ0v) is 16.0. The first-order chi connectivity index (χ1) is 11.7. The lowest BCUT2D eigenvalue weighted by atomic mass is 9.92. The van der Waals surface area contributed by atoms with E-state index in [-0.39, 0.29) is 11.8 Å². The van der Waals surface area contributed by atoms with Crippen molar-refractivity contribution >= 4 is 23.2 Å².